The Hall–Kier alpha value is -1.78. The van der Waals surface area contributed by atoms with Crippen molar-refractivity contribution in [3.05, 3.63) is 47.5 Å². The first-order valence-corrected chi connectivity index (χ1v) is 5.52. The number of nitrogens with one attached hydrogen (secondary N) is 1. The van der Waals surface area contributed by atoms with Crippen molar-refractivity contribution in [2.45, 2.75) is 19.5 Å². The molecule has 0 aliphatic heterocycles. The van der Waals surface area contributed by atoms with E-state index in [1.54, 1.807) is 0 Å². The van der Waals surface area contributed by atoms with Crippen molar-refractivity contribution in [2.24, 2.45) is 0 Å². The van der Waals surface area contributed by atoms with Crippen LogP contribution < -0.4 is 5.32 Å². The minimum absolute atomic E-state index is 0.315. The molecule has 1 rings (SSSR count). The van der Waals surface area contributed by atoms with Gasteiger partial charge < -0.3 is 5.32 Å². The van der Waals surface area contributed by atoms with Crippen molar-refractivity contribution < 1.29 is 18.0 Å². The molecule has 1 N–H and O–H groups in total. The van der Waals surface area contributed by atoms with E-state index >= 15 is 0 Å². The van der Waals surface area contributed by atoms with Gasteiger partial charge in [-0.1, -0.05) is 24.3 Å². The van der Waals surface area contributed by atoms with Crippen molar-refractivity contribution in [3.8, 4) is 0 Å². The molecule has 0 radical (unpaired) electrons. The largest absolute Gasteiger partial charge is 0.417 e. The highest BCUT2D eigenvalue weighted by molar-refractivity contribution is 5.95. The van der Waals surface area contributed by atoms with Crippen molar-refractivity contribution in [2.75, 3.05) is 6.54 Å². The second kappa shape index (κ2) is 6.23. The summed E-state index contributed by atoms with van der Waals surface area (Å²) in [6.07, 6.45) is -0.278. The molecule has 5 heteroatoms. The second-order valence-electron chi connectivity index (χ2n) is 3.66. The lowest BCUT2D eigenvalue weighted by atomic mass is 10.1. The number of amides is 1. The first kappa shape index (κ1) is 14.3. The standard InChI is InChI=1S/C13H14F3NO/c1-2-3-6-9-17-12(18)10-7-4-5-8-11(10)13(14,15)16/h2-5,7-8H,6,9H2,1H3,(H,17,18)/b3-2+. The second-order valence-corrected chi connectivity index (χ2v) is 3.66. The summed E-state index contributed by atoms with van der Waals surface area (Å²) in [4.78, 5) is 11.6. The molecule has 0 aromatic heterocycles. The monoisotopic (exact) mass is 257 g/mol. The van der Waals surface area contributed by atoms with Gasteiger partial charge in [0.15, 0.2) is 0 Å². The zero-order valence-corrected chi connectivity index (χ0v) is 9.92. The number of halogens is 3. The van der Waals surface area contributed by atoms with Crippen LogP contribution in [0.5, 0.6) is 0 Å². The van der Waals surface area contributed by atoms with Crippen LogP contribution in [-0.2, 0) is 6.18 Å². The summed E-state index contributed by atoms with van der Waals surface area (Å²) in [5, 5.41) is 2.46. The zero-order valence-electron chi connectivity index (χ0n) is 9.92. The molecule has 0 aliphatic rings. The Balaban J connectivity index is 2.80. The normalized spacial score (nSPS) is 11.8. The van der Waals surface area contributed by atoms with Crippen LogP contribution in [0.4, 0.5) is 13.2 Å². The van der Waals surface area contributed by atoms with Crippen LogP contribution in [0.1, 0.15) is 29.3 Å². The first-order chi connectivity index (χ1) is 8.46. The van der Waals surface area contributed by atoms with Gasteiger partial charge in [0.05, 0.1) is 11.1 Å². The molecule has 0 saturated heterocycles. The van der Waals surface area contributed by atoms with Gasteiger partial charge >= 0.3 is 6.18 Å². The Kier molecular flexibility index (Phi) is 4.95. The van der Waals surface area contributed by atoms with E-state index < -0.39 is 17.6 Å². The number of carbonyl (C=O) groups excluding carboxylic acids is 1. The predicted octanol–water partition coefficient (Wildman–Crippen LogP) is 3.40. The number of hydrogen-bond acceptors (Lipinski definition) is 1. The fraction of sp³-hybridized carbons (Fsp3) is 0.308. The van der Waals surface area contributed by atoms with Gasteiger partial charge in [-0.05, 0) is 25.5 Å². The number of benzene rings is 1. The molecule has 0 heterocycles. The van der Waals surface area contributed by atoms with Gasteiger partial charge in [0.2, 0.25) is 0 Å². The smallest absolute Gasteiger partial charge is 0.352 e. The molecule has 0 bridgehead atoms. The minimum Gasteiger partial charge on any atom is -0.352 e. The Labute approximate surface area is 104 Å². The number of allylic oxidation sites excluding steroid dienone is 1. The SMILES string of the molecule is C/C=C/CCNC(=O)c1ccccc1C(F)(F)F. The summed E-state index contributed by atoms with van der Waals surface area (Å²) in [6.45, 7) is 2.15. The average Bonchev–Trinajstić information content (AvgIpc) is 2.33. The van der Waals surface area contributed by atoms with Crippen LogP contribution in [0.15, 0.2) is 36.4 Å². The lowest BCUT2D eigenvalue weighted by molar-refractivity contribution is -0.137. The summed E-state index contributed by atoms with van der Waals surface area (Å²) >= 11 is 0. The van der Waals surface area contributed by atoms with Crippen LogP contribution >= 0.6 is 0 Å². The fourth-order valence-corrected chi connectivity index (χ4v) is 1.46. The molecule has 1 aromatic rings. The van der Waals surface area contributed by atoms with Crippen molar-refractivity contribution in [1.82, 2.24) is 5.32 Å². The van der Waals surface area contributed by atoms with E-state index in [1.165, 1.54) is 18.2 Å². The molecule has 2 nitrogen and oxygen atoms in total. The lowest BCUT2D eigenvalue weighted by Gasteiger charge is -2.12. The third-order valence-corrected chi connectivity index (χ3v) is 2.31. The molecule has 0 atom stereocenters. The van der Waals surface area contributed by atoms with E-state index in [-0.39, 0.29) is 5.56 Å². The van der Waals surface area contributed by atoms with E-state index in [0.717, 1.165) is 6.07 Å². The highest BCUT2D eigenvalue weighted by Crippen LogP contribution is 2.31. The topological polar surface area (TPSA) is 29.1 Å². The molecular weight excluding hydrogens is 243 g/mol. The Morgan fingerprint density at radius 1 is 1.33 bits per heavy atom. The van der Waals surface area contributed by atoms with E-state index in [0.29, 0.717) is 13.0 Å². The van der Waals surface area contributed by atoms with Crippen LogP contribution in [0.2, 0.25) is 0 Å². The Morgan fingerprint density at radius 2 is 2.00 bits per heavy atom. The summed E-state index contributed by atoms with van der Waals surface area (Å²) < 4.78 is 38.0. The predicted molar refractivity (Wildman–Crippen MR) is 63.2 cm³/mol. The maximum atomic E-state index is 12.7. The van der Waals surface area contributed by atoms with Gasteiger partial charge in [-0.25, -0.2) is 0 Å². The van der Waals surface area contributed by atoms with Crippen molar-refractivity contribution in [1.29, 1.82) is 0 Å². The first-order valence-electron chi connectivity index (χ1n) is 5.52. The molecular formula is C13H14F3NO. The van der Waals surface area contributed by atoms with Gasteiger partial charge in [-0.15, -0.1) is 0 Å². The Morgan fingerprint density at radius 3 is 2.61 bits per heavy atom. The van der Waals surface area contributed by atoms with Gasteiger partial charge in [-0.3, -0.25) is 4.79 Å². The summed E-state index contributed by atoms with van der Waals surface area (Å²) in [5.74, 6) is -0.701. The molecule has 1 amide bonds. The van der Waals surface area contributed by atoms with E-state index in [2.05, 4.69) is 5.32 Å². The van der Waals surface area contributed by atoms with Crippen LogP contribution in [-0.4, -0.2) is 12.5 Å². The van der Waals surface area contributed by atoms with Crippen molar-refractivity contribution >= 4 is 5.91 Å². The zero-order chi connectivity index (χ0) is 13.6. The highest BCUT2D eigenvalue weighted by Gasteiger charge is 2.34. The molecule has 1 aromatic carbocycles. The molecule has 98 valence electrons. The highest BCUT2D eigenvalue weighted by atomic mass is 19.4. The summed E-state index contributed by atoms with van der Waals surface area (Å²) in [7, 11) is 0. The number of carbonyl (C=O) groups is 1. The maximum absolute atomic E-state index is 12.7. The third-order valence-electron chi connectivity index (χ3n) is 2.31. The maximum Gasteiger partial charge on any atom is 0.417 e. The minimum atomic E-state index is -4.52. The fourth-order valence-electron chi connectivity index (χ4n) is 1.46. The van der Waals surface area contributed by atoms with E-state index in [9.17, 15) is 18.0 Å². The van der Waals surface area contributed by atoms with E-state index in [4.69, 9.17) is 0 Å². The van der Waals surface area contributed by atoms with Crippen LogP contribution in [0.25, 0.3) is 0 Å². The molecule has 0 unspecified atom stereocenters. The number of hydrogen-bond donors (Lipinski definition) is 1. The number of alkyl halides is 3. The van der Waals surface area contributed by atoms with Crippen LogP contribution in [0, 0.1) is 0 Å². The molecule has 0 fully saturated rings. The summed E-state index contributed by atoms with van der Waals surface area (Å²) in [5.41, 5.74) is -1.25. The van der Waals surface area contributed by atoms with E-state index in [1.807, 2.05) is 19.1 Å². The van der Waals surface area contributed by atoms with Crippen LogP contribution in [0.3, 0.4) is 0 Å². The molecule has 0 aliphatic carbocycles. The van der Waals surface area contributed by atoms with Gasteiger partial charge in [0, 0.05) is 6.54 Å². The molecule has 18 heavy (non-hydrogen) atoms. The van der Waals surface area contributed by atoms with Gasteiger partial charge in [0.1, 0.15) is 0 Å². The third kappa shape index (κ3) is 3.91. The summed E-state index contributed by atoms with van der Waals surface area (Å²) in [6, 6.07) is 4.75. The quantitative estimate of drug-likeness (QED) is 0.650. The lowest BCUT2D eigenvalue weighted by Crippen LogP contribution is -2.26. The van der Waals surface area contributed by atoms with Gasteiger partial charge in [-0.2, -0.15) is 13.2 Å². The Bertz CT molecular complexity index is 438. The number of rotatable bonds is 4. The molecule has 0 saturated carbocycles. The van der Waals surface area contributed by atoms with Gasteiger partial charge in [0.25, 0.3) is 5.91 Å². The average molecular weight is 257 g/mol. The van der Waals surface area contributed by atoms with Crippen molar-refractivity contribution in [3.63, 3.8) is 0 Å². The molecule has 0 spiro atoms.